The lowest BCUT2D eigenvalue weighted by Crippen LogP contribution is -2.25. The monoisotopic (exact) mass is 658 g/mol. The van der Waals surface area contributed by atoms with Crippen LogP contribution in [0.4, 0.5) is 11.4 Å². The first-order valence-electron chi connectivity index (χ1n) is 15.7. The maximum Gasteiger partial charge on any atom is 0.233 e. The molecule has 5 nitrogen and oxygen atoms in total. The van der Waals surface area contributed by atoms with Crippen molar-refractivity contribution in [2.45, 2.75) is 6.92 Å². The number of thiophene rings is 1. The van der Waals surface area contributed by atoms with Crippen molar-refractivity contribution in [3.63, 3.8) is 0 Å². The molecule has 0 unspecified atom stereocenters. The number of para-hydroxylation sites is 1. The van der Waals surface area contributed by atoms with Crippen LogP contribution in [0, 0.1) is 11.3 Å². The van der Waals surface area contributed by atoms with E-state index in [1.54, 1.807) is 0 Å². The molecule has 7 heteroatoms. The summed E-state index contributed by atoms with van der Waals surface area (Å²) in [5.74, 6) is 0.320. The van der Waals surface area contributed by atoms with E-state index in [2.05, 4.69) is 78.9 Å². The van der Waals surface area contributed by atoms with Crippen LogP contribution in [0.2, 0.25) is 0 Å². The van der Waals surface area contributed by atoms with E-state index < -0.39 is 7.05 Å². The molecule has 5 aromatic carbocycles. The van der Waals surface area contributed by atoms with E-state index in [0.717, 1.165) is 53.5 Å². The van der Waals surface area contributed by atoms with Crippen molar-refractivity contribution < 1.29 is 4.74 Å². The summed E-state index contributed by atoms with van der Waals surface area (Å²) in [7, 11) is -2.70. The standard InChI is InChI=1S/C41H31N4OPS/c1-2-46-40-35(28-42)37(30-18-8-3-9-19-30)38-39(36(48-41(38)44-40)29-43-31-20-10-4-11-21-31)45-47(32-22-12-5-13-23-32,33-24-14-6-15-25-33)34-26-16-7-17-27-34/h3-27,29H,2H2,1H3. The lowest BCUT2D eigenvalue weighted by atomic mass is 9.97. The molecule has 0 amide bonds. The van der Waals surface area contributed by atoms with Crippen LogP contribution in [-0.2, 0) is 0 Å². The Bertz CT molecular complexity index is 2200. The molecule has 2 aromatic heterocycles. The van der Waals surface area contributed by atoms with Gasteiger partial charge in [0.1, 0.15) is 16.5 Å². The zero-order valence-corrected chi connectivity index (χ0v) is 28.0. The highest BCUT2D eigenvalue weighted by Gasteiger charge is 2.31. The number of aromatic nitrogens is 1. The predicted molar refractivity (Wildman–Crippen MR) is 202 cm³/mol. The van der Waals surface area contributed by atoms with Gasteiger partial charge in [-0.2, -0.15) is 5.26 Å². The van der Waals surface area contributed by atoms with Crippen LogP contribution < -0.4 is 20.7 Å². The van der Waals surface area contributed by atoms with E-state index >= 15 is 0 Å². The van der Waals surface area contributed by atoms with Gasteiger partial charge >= 0.3 is 0 Å². The molecule has 0 aliphatic rings. The van der Waals surface area contributed by atoms with Gasteiger partial charge < -0.3 is 4.74 Å². The van der Waals surface area contributed by atoms with Gasteiger partial charge in [-0.25, -0.2) is 4.98 Å². The van der Waals surface area contributed by atoms with Crippen LogP contribution in [0.3, 0.4) is 0 Å². The minimum Gasteiger partial charge on any atom is -0.477 e. The second-order valence-electron chi connectivity index (χ2n) is 10.9. The molecule has 0 spiro atoms. The van der Waals surface area contributed by atoms with Crippen LogP contribution in [0.5, 0.6) is 5.88 Å². The van der Waals surface area contributed by atoms with Gasteiger partial charge in [-0.15, -0.1) is 11.3 Å². The highest BCUT2D eigenvalue weighted by Crippen LogP contribution is 2.54. The summed E-state index contributed by atoms with van der Waals surface area (Å²) in [6.45, 7) is 2.29. The number of pyridine rings is 1. The molecule has 48 heavy (non-hydrogen) atoms. The van der Waals surface area contributed by atoms with Gasteiger partial charge in [-0.1, -0.05) is 140 Å². The fourth-order valence-electron chi connectivity index (χ4n) is 5.89. The molecule has 0 aliphatic heterocycles. The van der Waals surface area contributed by atoms with E-state index in [-0.39, 0.29) is 0 Å². The molecule has 2 heterocycles. The topological polar surface area (TPSA) is 70.6 Å². The predicted octanol–water partition coefficient (Wildman–Crippen LogP) is 9.79. The van der Waals surface area contributed by atoms with Gasteiger partial charge in [0.25, 0.3) is 0 Å². The van der Waals surface area contributed by atoms with Crippen LogP contribution in [-0.4, -0.2) is 17.8 Å². The molecular weight excluding hydrogens is 628 g/mol. The molecule has 0 atom stereocenters. The lowest BCUT2D eigenvalue weighted by molar-refractivity contribution is 0.327. The van der Waals surface area contributed by atoms with Crippen molar-refractivity contribution in [3.8, 4) is 23.1 Å². The molecule has 7 aromatic rings. The third kappa shape index (κ3) is 5.87. The highest BCUT2D eigenvalue weighted by atomic mass is 32.1. The fourth-order valence-corrected chi connectivity index (χ4v) is 10.5. The van der Waals surface area contributed by atoms with Crippen molar-refractivity contribution in [1.82, 2.24) is 4.98 Å². The number of nitriles is 1. The summed E-state index contributed by atoms with van der Waals surface area (Å²) in [4.78, 5) is 11.5. The SMILES string of the molecule is CCOc1nc2sc(C=Nc3ccccc3)c(N=P(c3ccccc3)(c3ccccc3)c3ccccc3)c2c(-c2ccccc2)c1C#N. The van der Waals surface area contributed by atoms with Gasteiger partial charge in [-0.3, -0.25) is 9.74 Å². The van der Waals surface area contributed by atoms with Gasteiger partial charge in [0.15, 0.2) is 0 Å². The summed E-state index contributed by atoms with van der Waals surface area (Å²) in [5.41, 5.74) is 3.63. The van der Waals surface area contributed by atoms with Crippen molar-refractivity contribution in [2.75, 3.05) is 6.61 Å². The Morgan fingerprint density at radius 1 is 0.729 bits per heavy atom. The molecular formula is C41H31N4OPS. The van der Waals surface area contributed by atoms with Crippen molar-refractivity contribution >= 4 is 62.1 Å². The molecule has 0 radical (unpaired) electrons. The largest absolute Gasteiger partial charge is 0.477 e. The first-order valence-corrected chi connectivity index (χ1v) is 18.3. The van der Waals surface area contributed by atoms with E-state index in [0.29, 0.717) is 18.1 Å². The van der Waals surface area contributed by atoms with E-state index in [9.17, 15) is 5.26 Å². The second-order valence-corrected chi connectivity index (χ2v) is 15.0. The molecule has 0 bridgehead atoms. The zero-order valence-electron chi connectivity index (χ0n) is 26.3. The van der Waals surface area contributed by atoms with Gasteiger partial charge in [0, 0.05) is 33.1 Å². The van der Waals surface area contributed by atoms with Crippen LogP contribution in [0.25, 0.3) is 21.3 Å². The van der Waals surface area contributed by atoms with Crippen molar-refractivity contribution in [2.24, 2.45) is 9.74 Å². The van der Waals surface area contributed by atoms with E-state index in [1.807, 2.05) is 92.0 Å². The minimum atomic E-state index is -2.70. The van der Waals surface area contributed by atoms with Crippen molar-refractivity contribution in [1.29, 1.82) is 5.26 Å². The highest BCUT2D eigenvalue weighted by molar-refractivity contribution is 7.87. The Morgan fingerprint density at radius 3 is 1.73 bits per heavy atom. The second kappa shape index (κ2) is 14.0. The van der Waals surface area contributed by atoms with E-state index in [4.69, 9.17) is 19.5 Å². The summed E-state index contributed by atoms with van der Waals surface area (Å²) >= 11 is 1.51. The molecule has 0 saturated heterocycles. The van der Waals surface area contributed by atoms with Crippen molar-refractivity contribution in [3.05, 3.63) is 162 Å². The Balaban J connectivity index is 1.69. The maximum absolute atomic E-state index is 10.6. The Kier molecular flexibility index (Phi) is 9.07. The van der Waals surface area contributed by atoms with Gasteiger partial charge in [0.05, 0.1) is 29.9 Å². The summed E-state index contributed by atoms with van der Waals surface area (Å²) in [5, 5.41) is 14.8. The van der Waals surface area contributed by atoms with Gasteiger partial charge in [-0.05, 0) is 24.6 Å². The number of hydrogen-bond acceptors (Lipinski definition) is 6. The van der Waals surface area contributed by atoms with E-state index in [1.165, 1.54) is 11.3 Å². The quantitative estimate of drug-likeness (QED) is 0.115. The summed E-state index contributed by atoms with van der Waals surface area (Å²) in [6, 6.07) is 54.0. The Morgan fingerprint density at radius 2 is 1.23 bits per heavy atom. The smallest absolute Gasteiger partial charge is 0.233 e. The molecule has 0 aliphatic carbocycles. The Labute approximate surface area is 284 Å². The number of benzene rings is 5. The number of rotatable bonds is 9. The minimum absolute atomic E-state index is 0.320. The first kappa shape index (κ1) is 31.0. The average Bonchev–Trinajstić information content (AvgIpc) is 3.50. The number of fused-ring (bicyclic) bond motifs is 1. The Hall–Kier alpha value is -5.60. The van der Waals surface area contributed by atoms with Crippen LogP contribution in [0.1, 0.15) is 17.4 Å². The first-order chi connectivity index (χ1) is 23.7. The zero-order chi connectivity index (χ0) is 32.8. The number of hydrogen-bond donors (Lipinski definition) is 0. The molecule has 0 fully saturated rings. The van der Waals surface area contributed by atoms with Crippen LogP contribution in [0.15, 0.2) is 161 Å². The summed E-state index contributed by atoms with van der Waals surface area (Å²) < 4.78 is 12.0. The fraction of sp³-hybridized carbons (Fsp3) is 0.0488. The molecule has 7 rings (SSSR count). The maximum atomic E-state index is 10.6. The number of nitrogens with zero attached hydrogens (tertiary/aromatic N) is 4. The van der Waals surface area contributed by atoms with Crippen LogP contribution >= 0.6 is 18.4 Å². The molecule has 232 valence electrons. The number of ether oxygens (including phenoxy) is 1. The summed E-state index contributed by atoms with van der Waals surface area (Å²) in [6.07, 6.45) is 1.89. The average molecular weight is 659 g/mol. The third-order valence-electron chi connectivity index (χ3n) is 7.99. The van der Waals surface area contributed by atoms with Gasteiger partial charge in [0.2, 0.25) is 5.88 Å². The lowest BCUT2D eigenvalue weighted by Gasteiger charge is -2.27. The molecule has 0 N–H and O–H groups in total. The third-order valence-corrected chi connectivity index (χ3v) is 12.6. The molecule has 0 saturated carbocycles. The number of aliphatic imine (C=N–C) groups is 1. The normalized spacial score (nSPS) is 11.4.